The molecule has 7 heteroatoms. The molecular weight excluding hydrogens is 327 g/mol. The van der Waals surface area contributed by atoms with Crippen molar-refractivity contribution in [3.63, 3.8) is 0 Å². The quantitative estimate of drug-likeness (QED) is 0.873. The van der Waals surface area contributed by atoms with Gasteiger partial charge in [-0.25, -0.2) is 14.4 Å². The van der Waals surface area contributed by atoms with Gasteiger partial charge in [0.05, 0.1) is 5.69 Å². The van der Waals surface area contributed by atoms with Gasteiger partial charge in [0, 0.05) is 17.1 Å². The maximum Gasteiger partial charge on any atom is 0.158 e. The first-order valence-corrected chi connectivity index (χ1v) is 6.81. The lowest BCUT2D eigenvalue weighted by Crippen LogP contribution is -2.05. The van der Waals surface area contributed by atoms with Crippen LogP contribution in [0.1, 0.15) is 12.7 Å². The second kappa shape index (κ2) is 6.62. The van der Waals surface area contributed by atoms with Crippen LogP contribution in [0, 0.1) is 5.82 Å². The first-order chi connectivity index (χ1) is 9.58. The SMILES string of the molecule is CCOCc1nc(N)cc(Nc2cc(F)ccc2Br)n1. The Bertz CT molecular complexity index is 609. The number of aromatic nitrogens is 2. The normalized spacial score (nSPS) is 10.6. The minimum Gasteiger partial charge on any atom is -0.384 e. The van der Waals surface area contributed by atoms with E-state index in [1.54, 1.807) is 12.1 Å². The fourth-order valence-corrected chi connectivity index (χ4v) is 1.92. The van der Waals surface area contributed by atoms with E-state index in [9.17, 15) is 4.39 Å². The topological polar surface area (TPSA) is 73.1 Å². The molecule has 0 aliphatic heterocycles. The summed E-state index contributed by atoms with van der Waals surface area (Å²) in [5.41, 5.74) is 6.28. The number of benzene rings is 1. The predicted molar refractivity (Wildman–Crippen MR) is 79.2 cm³/mol. The minimum absolute atomic E-state index is 0.278. The molecule has 1 aromatic carbocycles. The summed E-state index contributed by atoms with van der Waals surface area (Å²) < 4.78 is 19.2. The van der Waals surface area contributed by atoms with Crippen molar-refractivity contribution >= 4 is 33.3 Å². The number of ether oxygens (including phenoxy) is 1. The zero-order valence-corrected chi connectivity index (χ0v) is 12.4. The Balaban J connectivity index is 2.24. The van der Waals surface area contributed by atoms with Gasteiger partial charge in [0.15, 0.2) is 5.82 Å². The molecule has 1 heterocycles. The van der Waals surface area contributed by atoms with Gasteiger partial charge in [-0.1, -0.05) is 0 Å². The summed E-state index contributed by atoms with van der Waals surface area (Å²) in [6.07, 6.45) is 0. The van der Waals surface area contributed by atoms with Gasteiger partial charge in [-0.15, -0.1) is 0 Å². The molecule has 5 nitrogen and oxygen atoms in total. The smallest absolute Gasteiger partial charge is 0.158 e. The van der Waals surface area contributed by atoms with Gasteiger partial charge in [-0.05, 0) is 41.1 Å². The third-order valence-corrected chi connectivity index (χ3v) is 3.11. The standard InChI is InChI=1S/C13H14BrFN4O/c1-2-20-7-13-18-11(16)6-12(19-13)17-10-5-8(15)3-4-9(10)14/h3-6H,2,7H2,1H3,(H3,16,17,18,19). The molecule has 0 saturated carbocycles. The van der Waals surface area contributed by atoms with Crippen molar-refractivity contribution in [2.45, 2.75) is 13.5 Å². The Morgan fingerprint density at radius 2 is 2.15 bits per heavy atom. The first-order valence-electron chi connectivity index (χ1n) is 6.01. The monoisotopic (exact) mass is 340 g/mol. The van der Waals surface area contributed by atoms with Gasteiger partial charge < -0.3 is 15.8 Å². The van der Waals surface area contributed by atoms with Crippen LogP contribution in [0.5, 0.6) is 0 Å². The molecule has 20 heavy (non-hydrogen) atoms. The van der Waals surface area contributed by atoms with Crippen LogP contribution in [-0.2, 0) is 11.3 Å². The number of anilines is 3. The van der Waals surface area contributed by atoms with Gasteiger partial charge >= 0.3 is 0 Å². The third-order valence-electron chi connectivity index (χ3n) is 2.42. The zero-order valence-electron chi connectivity index (χ0n) is 10.9. The zero-order chi connectivity index (χ0) is 14.5. The highest BCUT2D eigenvalue weighted by Crippen LogP contribution is 2.26. The molecule has 3 N–H and O–H groups in total. The molecule has 0 aliphatic carbocycles. The average molecular weight is 341 g/mol. The number of nitrogen functional groups attached to an aromatic ring is 1. The highest BCUT2D eigenvalue weighted by Gasteiger charge is 2.06. The molecule has 0 bridgehead atoms. The number of hydrogen-bond acceptors (Lipinski definition) is 5. The fraction of sp³-hybridized carbons (Fsp3) is 0.231. The van der Waals surface area contributed by atoms with Gasteiger partial charge in [0.1, 0.15) is 24.1 Å². The lowest BCUT2D eigenvalue weighted by atomic mass is 10.3. The molecule has 2 rings (SSSR count). The predicted octanol–water partition coefficient (Wildman–Crippen LogP) is 3.24. The van der Waals surface area contributed by atoms with Gasteiger partial charge in [-0.2, -0.15) is 0 Å². The van der Waals surface area contributed by atoms with Crippen LogP contribution in [-0.4, -0.2) is 16.6 Å². The van der Waals surface area contributed by atoms with Crippen molar-refractivity contribution in [2.75, 3.05) is 17.7 Å². The van der Waals surface area contributed by atoms with Crippen molar-refractivity contribution < 1.29 is 9.13 Å². The molecule has 0 aliphatic rings. The molecule has 106 valence electrons. The lowest BCUT2D eigenvalue weighted by Gasteiger charge is -2.10. The van der Waals surface area contributed by atoms with Crippen LogP contribution in [0.3, 0.4) is 0 Å². The van der Waals surface area contributed by atoms with Crippen LogP contribution in [0.15, 0.2) is 28.7 Å². The number of halogens is 2. The van der Waals surface area contributed by atoms with E-state index in [1.165, 1.54) is 12.1 Å². The molecule has 0 atom stereocenters. The summed E-state index contributed by atoms with van der Waals surface area (Å²) in [4.78, 5) is 8.34. The Morgan fingerprint density at radius 3 is 2.90 bits per heavy atom. The number of nitrogens with two attached hydrogens (primary N) is 1. The van der Waals surface area contributed by atoms with E-state index in [1.807, 2.05) is 6.92 Å². The second-order valence-corrected chi connectivity index (χ2v) is 4.83. The summed E-state index contributed by atoms with van der Waals surface area (Å²) in [6, 6.07) is 5.92. The molecular formula is C13H14BrFN4O. The van der Waals surface area contributed by atoms with E-state index in [0.29, 0.717) is 29.8 Å². The molecule has 0 fully saturated rings. The molecule has 0 radical (unpaired) electrons. The maximum absolute atomic E-state index is 13.2. The molecule has 0 saturated heterocycles. The van der Waals surface area contributed by atoms with E-state index >= 15 is 0 Å². The Hall–Kier alpha value is -1.73. The fourth-order valence-electron chi connectivity index (χ4n) is 1.57. The molecule has 0 spiro atoms. The van der Waals surface area contributed by atoms with Crippen LogP contribution in [0.2, 0.25) is 0 Å². The largest absolute Gasteiger partial charge is 0.384 e. The molecule has 0 amide bonds. The summed E-state index contributed by atoms with van der Waals surface area (Å²) in [5, 5.41) is 3.00. The second-order valence-electron chi connectivity index (χ2n) is 3.98. The Kier molecular flexibility index (Phi) is 4.86. The summed E-state index contributed by atoms with van der Waals surface area (Å²) in [6.45, 7) is 2.73. The van der Waals surface area contributed by atoms with E-state index < -0.39 is 0 Å². The number of rotatable bonds is 5. The van der Waals surface area contributed by atoms with E-state index in [4.69, 9.17) is 10.5 Å². The highest BCUT2D eigenvalue weighted by molar-refractivity contribution is 9.10. The van der Waals surface area contributed by atoms with Crippen LogP contribution in [0.25, 0.3) is 0 Å². The van der Waals surface area contributed by atoms with Gasteiger partial charge in [0.25, 0.3) is 0 Å². The van der Waals surface area contributed by atoms with Crippen LogP contribution < -0.4 is 11.1 Å². The number of hydrogen-bond donors (Lipinski definition) is 2. The summed E-state index contributed by atoms with van der Waals surface area (Å²) in [7, 11) is 0. The third kappa shape index (κ3) is 3.88. The van der Waals surface area contributed by atoms with Gasteiger partial charge in [-0.3, -0.25) is 0 Å². The molecule has 0 unspecified atom stereocenters. The van der Waals surface area contributed by atoms with Crippen LogP contribution in [0.4, 0.5) is 21.7 Å². The highest BCUT2D eigenvalue weighted by atomic mass is 79.9. The Labute approximate surface area is 124 Å². The first kappa shape index (κ1) is 14.7. The number of nitrogens with one attached hydrogen (secondary N) is 1. The molecule has 2 aromatic rings. The summed E-state index contributed by atoms with van der Waals surface area (Å²) >= 11 is 3.34. The van der Waals surface area contributed by atoms with Crippen molar-refractivity contribution in [1.82, 2.24) is 9.97 Å². The van der Waals surface area contributed by atoms with Crippen molar-refractivity contribution in [1.29, 1.82) is 0 Å². The van der Waals surface area contributed by atoms with Crippen LogP contribution >= 0.6 is 15.9 Å². The van der Waals surface area contributed by atoms with E-state index in [-0.39, 0.29) is 12.4 Å². The van der Waals surface area contributed by atoms with E-state index in [0.717, 1.165) is 4.47 Å². The van der Waals surface area contributed by atoms with E-state index in [2.05, 4.69) is 31.2 Å². The molecule has 1 aromatic heterocycles. The maximum atomic E-state index is 13.2. The van der Waals surface area contributed by atoms with Crippen molar-refractivity contribution in [2.24, 2.45) is 0 Å². The average Bonchev–Trinajstić information content (AvgIpc) is 2.40. The lowest BCUT2D eigenvalue weighted by molar-refractivity contribution is 0.128. The van der Waals surface area contributed by atoms with Gasteiger partial charge in [0.2, 0.25) is 0 Å². The van der Waals surface area contributed by atoms with Crippen molar-refractivity contribution in [3.8, 4) is 0 Å². The number of nitrogens with zero attached hydrogens (tertiary/aromatic N) is 2. The minimum atomic E-state index is -0.340. The summed E-state index contributed by atoms with van der Waals surface area (Å²) in [5.74, 6) is 0.942. The Morgan fingerprint density at radius 1 is 1.35 bits per heavy atom. The van der Waals surface area contributed by atoms with Crippen molar-refractivity contribution in [3.05, 3.63) is 40.4 Å².